The van der Waals surface area contributed by atoms with E-state index in [1.807, 2.05) is 18.2 Å². The number of aryl methyl sites for hydroxylation is 1. The maximum atomic E-state index is 12.3. The van der Waals surface area contributed by atoms with E-state index in [2.05, 4.69) is 10.3 Å². The monoisotopic (exact) mass is 368 g/mol. The number of carbonyl (C=O) groups excluding carboxylic acids is 2. The van der Waals surface area contributed by atoms with E-state index in [-0.39, 0.29) is 18.1 Å². The fourth-order valence-electron chi connectivity index (χ4n) is 2.49. The summed E-state index contributed by atoms with van der Waals surface area (Å²) in [5, 5.41) is 3.32. The third kappa shape index (κ3) is 4.00. The first-order valence-electron chi connectivity index (χ1n) is 8.06. The molecule has 0 bridgehead atoms. The minimum absolute atomic E-state index is 0.0202. The number of ketones is 1. The number of oxazole rings is 1. The number of amides is 1. The van der Waals surface area contributed by atoms with Gasteiger partial charge in [-0.2, -0.15) is 0 Å². The van der Waals surface area contributed by atoms with Gasteiger partial charge in [-0.1, -0.05) is 23.7 Å². The summed E-state index contributed by atoms with van der Waals surface area (Å²) in [6, 6.07) is 14.0. The van der Waals surface area contributed by atoms with E-state index in [0.29, 0.717) is 39.2 Å². The van der Waals surface area contributed by atoms with Crippen molar-refractivity contribution >= 4 is 29.0 Å². The van der Waals surface area contributed by atoms with Crippen LogP contribution in [0.4, 0.5) is 5.69 Å². The molecule has 0 aliphatic carbocycles. The molecular formula is C20H17ClN2O3. The number of Topliss-reactive ketones (excluding diaryl/α,β-unsaturated/α-hetero) is 1. The summed E-state index contributed by atoms with van der Waals surface area (Å²) in [6.45, 7) is 3.26. The summed E-state index contributed by atoms with van der Waals surface area (Å²) in [4.78, 5) is 28.0. The van der Waals surface area contributed by atoms with E-state index in [1.165, 1.54) is 6.92 Å². The fraction of sp³-hybridized carbons (Fsp3) is 0.150. The lowest BCUT2D eigenvalue weighted by molar-refractivity contribution is -0.115. The summed E-state index contributed by atoms with van der Waals surface area (Å²) >= 11 is 6.17. The molecule has 0 spiro atoms. The molecule has 1 aromatic heterocycles. The number of anilines is 1. The van der Waals surface area contributed by atoms with Crippen molar-refractivity contribution in [2.24, 2.45) is 0 Å². The Morgan fingerprint density at radius 3 is 2.46 bits per heavy atom. The molecule has 0 unspecified atom stereocenters. The van der Waals surface area contributed by atoms with Gasteiger partial charge in [-0.25, -0.2) is 4.98 Å². The number of hydrogen-bond donors (Lipinski definition) is 1. The summed E-state index contributed by atoms with van der Waals surface area (Å²) < 4.78 is 5.66. The molecule has 1 N–H and O–H groups in total. The number of aromatic nitrogens is 1. The van der Waals surface area contributed by atoms with Crippen molar-refractivity contribution in [3.05, 3.63) is 70.6 Å². The highest BCUT2D eigenvalue weighted by Gasteiger charge is 2.16. The van der Waals surface area contributed by atoms with Crippen LogP contribution in [-0.4, -0.2) is 16.7 Å². The third-order valence-corrected chi connectivity index (χ3v) is 4.23. The van der Waals surface area contributed by atoms with E-state index in [4.69, 9.17) is 16.0 Å². The van der Waals surface area contributed by atoms with Crippen LogP contribution in [0.2, 0.25) is 5.02 Å². The van der Waals surface area contributed by atoms with E-state index in [1.54, 1.807) is 37.3 Å². The van der Waals surface area contributed by atoms with Gasteiger partial charge in [-0.3, -0.25) is 9.59 Å². The predicted molar refractivity (Wildman–Crippen MR) is 100 cm³/mol. The Labute approximate surface area is 156 Å². The van der Waals surface area contributed by atoms with Crippen LogP contribution in [0.3, 0.4) is 0 Å². The van der Waals surface area contributed by atoms with E-state index < -0.39 is 0 Å². The lowest BCUT2D eigenvalue weighted by Gasteiger charge is -2.05. The highest BCUT2D eigenvalue weighted by atomic mass is 35.5. The Hall–Kier alpha value is -2.92. The standard InChI is InChI=1S/C20H17ClN2O3/c1-12(24)14-7-9-15(10-8-14)22-19(25)11-18-13(2)26-20(23-18)16-5-3-4-6-17(16)21/h3-10H,11H2,1-2H3,(H,22,25). The number of rotatable bonds is 5. The second kappa shape index (κ2) is 7.54. The van der Waals surface area contributed by atoms with Gasteiger partial charge in [0, 0.05) is 11.3 Å². The van der Waals surface area contributed by atoms with Gasteiger partial charge in [0.25, 0.3) is 0 Å². The zero-order valence-corrected chi connectivity index (χ0v) is 15.1. The van der Waals surface area contributed by atoms with Gasteiger partial charge in [0.15, 0.2) is 5.78 Å². The van der Waals surface area contributed by atoms with Crippen LogP contribution in [0.25, 0.3) is 11.5 Å². The van der Waals surface area contributed by atoms with Gasteiger partial charge in [0.2, 0.25) is 11.8 Å². The van der Waals surface area contributed by atoms with Crippen LogP contribution in [0.15, 0.2) is 52.9 Å². The highest BCUT2D eigenvalue weighted by Crippen LogP contribution is 2.28. The number of halogens is 1. The Bertz CT molecular complexity index is 961. The Morgan fingerprint density at radius 2 is 1.81 bits per heavy atom. The van der Waals surface area contributed by atoms with Crippen molar-refractivity contribution in [1.82, 2.24) is 4.98 Å². The third-order valence-electron chi connectivity index (χ3n) is 3.90. The van der Waals surface area contributed by atoms with Gasteiger partial charge in [-0.15, -0.1) is 0 Å². The number of nitrogens with zero attached hydrogens (tertiary/aromatic N) is 1. The van der Waals surface area contributed by atoms with Gasteiger partial charge in [0.05, 0.1) is 22.7 Å². The number of hydrogen-bond acceptors (Lipinski definition) is 4. The maximum Gasteiger partial charge on any atom is 0.230 e. The molecule has 26 heavy (non-hydrogen) atoms. The van der Waals surface area contributed by atoms with Crippen LogP contribution >= 0.6 is 11.6 Å². The Balaban J connectivity index is 1.72. The summed E-state index contributed by atoms with van der Waals surface area (Å²) in [6.07, 6.45) is 0.0776. The normalized spacial score (nSPS) is 10.6. The lowest BCUT2D eigenvalue weighted by Crippen LogP contribution is -2.15. The van der Waals surface area contributed by atoms with Gasteiger partial charge >= 0.3 is 0 Å². The summed E-state index contributed by atoms with van der Waals surface area (Å²) in [7, 11) is 0. The second-order valence-electron chi connectivity index (χ2n) is 5.86. The van der Waals surface area contributed by atoms with Crippen LogP contribution in [0.1, 0.15) is 28.7 Å². The first kappa shape index (κ1) is 17.9. The molecule has 0 saturated heterocycles. The molecule has 2 aromatic carbocycles. The largest absolute Gasteiger partial charge is 0.441 e. The minimum Gasteiger partial charge on any atom is -0.441 e. The summed E-state index contributed by atoms with van der Waals surface area (Å²) in [5.74, 6) is 0.722. The van der Waals surface area contributed by atoms with Crippen LogP contribution < -0.4 is 5.32 Å². The Morgan fingerprint density at radius 1 is 1.12 bits per heavy atom. The molecule has 3 aromatic rings. The molecule has 0 aliphatic heterocycles. The molecule has 0 aliphatic rings. The van der Waals surface area contributed by atoms with Crippen molar-refractivity contribution in [3.63, 3.8) is 0 Å². The first-order valence-corrected chi connectivity index (χ1v) is 8.44. The fourth-order valence-corrected chi connectivity index (χ4v) is 2.70. The minimum atomic E-state index is -0.220. The number of nitrogens with one attached hydrogen (secondary N) is 1. The van der Waals surface area contributed by atoms with Gasteiger partial charge in [0.1, 0.15) is 5.76 Å². The Kier molecular flexibility index (Phi) is 5.19. The molecule has 5 nitrogen and oxygen atoms in total. The van der Waals surface area contributed by atoms with Crippen molar-refractivity contribution in [2.45, 2.75) is 20.3 Å². The van der Waals surface area contributed by atoms with Crippen molar-refractivity contribution in [2.75, 3.05) is 5.32 Å². The zero-order valence-electron chi connectivity index (χ0n) is 14.4. The van der Waals surface area contributed by atoms with Crippen molar-refractivity contribution in [1.29, 1.82) is 0 Å². The molecular weight excluding hydrogens is 352 g/mol. The van der Waals surface area contributed by atoms with E-state index >= 15 is 0 Å². The number of carbonyl (C=O) groups is 2. The average molecular weight is 369 g/mol. The zero-order chi connectivity index (χ0) is 18.7. The summed E-state index contributed by atoms with van der Waals surface area (Å²) in [5.41, 5.74) is 2.45. The molecule has 0 radical (unpaired) electrons. The predicted octanol–water partition coefficient (Wildman–Crippen LogP) is 4.69. The molecule has 0 saturated carbocycles. The molecule has 3 rings (SSSR count). The molecule has 0 atom stereocenters. The lowest BCUT2D eigenvalue weighted by atomic mass is 10.1. The first-order chi connectivity index (χ1) is 12.4. The van der Waals surface area contributed by atoms with Crippen molar-refractivity contribution < 1.29 is 14.0 Å². The van der Waals surface area contributed by atoms with Crippen LogP contribution in [-0.2, 0) is 11.2 Å². The topological polar surface area (TPSA) is 72.2 Å². The van der Waals surface area contributed by atoms with E-state index in [0.717, 1.165) is 0 Å². The quantitative estimate of drug-likeness (QED) is 0.663. The molecule has 1 amide bonds. The van der Waals surface area contributed by atoms with Gasteiger partial charge < -0.3 is 9.73 Å². The average Bonchev–Trinajstić information content (AvgIpc) is 2.96. The van der Waals surface area contributed by atoms with Crippen LogP contribution in [0.5, 0.6) is 0 Å². The molecule has 0 fully saturated rings. The SMILES string of the molecule is CC(=O)c1ccc(NC(=O)Cc2nc(-c3ccccc3Cl)oc2C)cc1. The smallest absolute Gasteiger partial charge is 0.230 e. The number of benzene rings is 2. The van der Waals surface area contributed by atoms with Crippen molar-refractivity contribution in [3.8, 4) is 11.5 Å². The molecule has 6 heteroatoms. The maximum absolute atomic E-state index is 12.3. The molecule has 1 heterocycles. The van der Waals surface area contributed by atoms with E-state index in [9.17, 15) is 9.59 Å². The second-order valence-corrected chi connectivity index (χ2v) is 6.27. The molecule has 132 valence electrons. The highest BCUT2D eigenvalue weighted by molar-refractivity contribution is 6.33. The van der Waals surface area contributed by atoms with Crippen LogP contribution in [0, 0.1) is 6.92 Å². The van der Waals surface area contributed by atoms with Gasteiger partial charge in [-0.05, 0) is 50.2 Å².